The lowest BCUT2D eigenvalue weighted by atomic mass is 10.0. The van der Waals surface area contributed by atoms with Crippen LogP contribution in [0.25, 0.3) is 0 Å². The van der Waals surface area contributed by atoms with E-state index in [0.717, 1.165) is 0 Å². The molecule has 2 atom stereocenters. The lowest BCUT2D eigenvalue weighted by Gasteiger charge is -2.35. The normalized spacial score (nSPS) is 20.1. The summed E-state index contributed by atoms with van der Waals surface area (Å²) in [5.41, 5.74) is 5.11. The highest BCUT2D eigenvalue weighted by Gasteiger charge is 2.31. The van der Waals surface area contributed by atoms with Crippen LogP contribution in [0.5, 0.6) is 0 Å². The highest BCUT2D eigenvalue weighted by molar-refractivity contribution is 5.86. The maximum Gasteiger partial charge on any atom is 0.312 e. The molecule has 4 N–H and O–H groups in total. The molecule has 0 aromatic heterocycles. The summed E-state index contributed by atoms with van der Waals surface area (Å²) in [6, 6.07) is -1.43. The van der Waals surface area contributed by atoms with Crippen molar-refractivity contribution in [3.05, 3.63) is 0 Å². The number of amides is 3. The first-order valence-electron chi connectivity index (χ1n) is 6.97. The van der Waals surface area contributed by atoms with Gasteiger partial charge in [-0.2, -0.15) is 0 Å². The molecule has 3 amide bonds. The number of carboxylic acid groups (broad SMARTS) is 1. The molecule has 21 heavy (non-hydrogen) atoms. The van der Waals surface area contributed by atoms with Crippen molar-refractivity contribution in [2.45, 2.75) is 38.8 Å². The Kier molecular flexibility index (Phi) is 6.41. The number of carbonyl (C=O) groups excluding carboxylic acids is 2. The zero-order valence-electron chi connectivity index (χ0n) is 12.4. The van der Waals surface area contributed by atoms with E-state index in [-0.39, 0.29) is 31.4 Å². The van der Waals surface area contributed by atoms with Crippen LogP contribution < -0.4 is 11.1 Å². The average molecular weight is 301 g/mol. The smallest absolute Gasteiger partial charge is 0.312 e. The number of morpholine rings is 1. The van der Waals surface area contributed by atoms with Crippen molar-refractivity contribution in [1.29, 1.82) is 0 Å². The first kappa shape index (κ1) is 17.2. The predicted octanol–water partition coefficient (Wildman–Crippen LogP) is -0.228. The number of rotatable bonds is 6. The van der Waals surface area contributed by atoms with Gasteiger partial charge in [0.2, 0.25) is 5.91 Å². The number of ether oxygens (including phenoxy) is 1. The van der Waals surface area contributed by atoms with Crippen LogP contribution in [0.1, 0.15) is 26.7 Å². The van der Waals surface area contributed by atoms with Crippen LogP contribution in [0.15, 0.2) is 0 Å². The van der Waals surface area contributed by atoms with Crippen molar-refractivity contribution in [2.75, 3.05) is 19.7 Å². The summed E-state index contributed by atoms with van der Waals surface area (Å²) in [6.45, 7) is 4.75. The number of urea groups is 1. The second-order valence-electron chi connectivity index (χ2n) is 5.57. The Bertz CT molecular complexity index is 399. The van der Waals surface area contributed by atoms with E-state index in [1.54, 1.807) is 0 Å². The standard InChI is InChI=1S/C13H23N3O5/c1-8(2)5-10(15-13(14)20)12(19)16-3-4-21-9(7-16)6-11(17)18/h8-10H,3-7H2,1-2H3,(H,17,18)(H3,14,15,20). The lowest BCUT2D eigenvalue weighted by Crippen LogP contribution is -2.55. The van der Waals surface area contributed by atoms with Gasteiger partial charge in [-0.1, -0.05) is 13.8 Å². The largest absolute Gasteiger partial charge is 0.481 e. The van der Waals surface area contributed by atoms with Crippen LogP contribution in [-0.2, 0) is 14.3 Å². The van der Waals surface area contributed by atoms with E-state index in [1.807, 2.05) is 13.8 Å². The van der Waals surface area contributed by atoms with Gasteiger partial charge in [-0.25, -0.2) is 4.79 Å². The van der Waals surface area contributed by atoms with Crippen molar-refractivity contribution in [3.8, 4) is 0 Å². The number of aliphatic carboxylic acids is 1. The van der Waals surface area contributed by atoms with E-state index in [1.165, 1.54) is 4.90 Å². The summed E-state index contributed by atoms with van der Waals surface area (Å²) < 4.78 is 5.32. The Labute approximate surface area is 123 Å². The molecule has 1 rings (SSSR count). The van der Waals surface area contributed by atoms with Crippen LogP contribution in [0.4, 0.5) is 4.79 Å². The third-order valence-corrected chi connectivity index (χ3v) is 3.17. The molecule has 1 saturated heterocycles. The molecule has 2 unspecified atom stereocenters. The number of nitrogens with two attached hydrogens (primary N) is 1. The first-order valence-corrected chi connectivity index (χ1v) is 6.97. The van der Waals surface area contributed by atoms with E-state index in [2.05, 4.69) is 5.32 Å². The fourth-order valence-corrected chi connectivity index (χ4v) is 2.32. The van der Waals surface area contributed by atoms with E-state index in [0.29, 0.717) is 13.0 Å². The third-order valence-electron chi connectivity index (χ3n) is 3.17. The summed E-state index contributed by atoms with van der Waals surface area (Å²) >= 11 is 0. The monoisotopic (exact) mass is 301 g/mol. The lowest BCUT2D eigenvalue weighted by molar-refractivity contribution is -0.148. The van der Waals surface area contributed by atoms with Crippen molar-refractivity contribution < 1.29 is 24.2 Å². The minimum absolute atomic E-state index is 0.151. The van der Waals surface area contributed by atoms with Gasteiger partial charge in [0.05, 0.1) is 19.1 Å². The van der Waals surface area contributed by atoms with Crippen LogP contribution in [-0.4, -0.2) is 59.8 Å². The van der Waals surface area contributed by atoms with Crippen LogP contribution >= 0.6 is 0 Å². The molecule has 0 aromatic carbocycles. The average Bonchev–Trinajstić information content (AvgIpc) is 2.35. The number of nitrogens with zero attached hydrogens (tertiary/aromatic N) is 1. The molecule has 8 nitrogen and oxygen atoms in total. The van der Waals surface area contributed by atoms with Crippen molar-refractivity contribution in [1.82, 2.24) is 10.2 Å². The minimum atomic E-state index is -0.969. The number of primary amides is 1. The number of nitrogens with one attached hydrogen (secondary N) is 1. The molecular formula is C13H23N3O5. The molecule has 0 aliphatic carbocycles. The quantitative estimate of drug-likeness (QED) is 0.625. The molecule has 1 heterocycles. The third kappa shape index (κ3) is 5.99. The van der Waals surface area contributed by atoms with E-state index < -0.39 is 24.1 Å². The van der Waals surface area contributed by atoms with Crippen LogP contribution in [0.2, 0.25) is 0 Å². The zero-order valence-corrected chi connectivity index (χ0v) is 12.4. The fourth-order valence-electron chi connectivity index (χ4n) is 2.32. The molecule has 0 radical (unpaired) electrons. The molecule has 1 aliphatic rings. The van der Waals surface area contributed by atoms with Gasteiger partial charge in [0.15, 0.2) is 0 Å². The molecular weight excluding hydrogens is 278 g/mol. The molecule has 1 aliphatic heterocycles. The van der Waals surface area contributed by atoms with Gasteiger partial charge in [-0.3, -0.25) is 9.59 Å². The second kappa shape index (κ2) is 7.82. The number of hydrogen-bond acceptors (Lipinski definition) is 4. The molecule has 0 saturated carbocycles. The molecule has 120 valence electrons. The van der Waals surface area contributed by atoms with Crippen LogP contribution in [0.3, 0.4) is 0 Å². The Morgan fingerprint density at radius 3 is 2.62 bits per heavy atom. The SMILES string of the molecule is CC(C)CC(NC(N)=O)C(=O)N1CCOC(CC(=O)O)C1. The Balaban J connectivity index is 2.68. The van der Waals surface area contributed by atoms with E-state index in [4.69, 9.17) is 15.6 Å². The summed E-state index contributed by atoms with van der Waals surface area (Å²) in [5.74, 6) is -1.01. The Morgan fingerprint density at radius 1 is 1.43 bits per heavy atom. The summed E-state index contributed by atoms with van der Waals surface area (Å²) in [7, 11) is 0. The molecule has 0 bridgehead atoms. The van der Waals surface area contributed by atoms with Gasteiger partial charge in [-0.05, 0) is 12.3 Å². The Morgan fingerprint density at radius 2 is 2.10 bits per heavy atom. The van der Waals surface area contributed by atoms with E-state index in [9.17, 15) is 14.4 Å². The second-order valence-corrected chi connectivity index (χ2v) is 5.57. The van der Waals surface area contributed by atoms with Gasteiger partial charge in [-0.15, -0.1) is 0 Å². The summed E-state index contributed by atoms with van der Waals surface area (Å²) in [6.07, 6.45) is -0.196. The van der Waals surface area contributed by atoms with Gasteiger partial charge in [0.1, 0.15) is 6.04 Å². The molecule has 1 fully saturated rings. The van der Waals surface area contributed by atoms with Crippen LogP contribution in [0, 0.1) is 5.92 Å². The minimum Gasteiger partial charge on any atom is -0.481 e. The highest BCUT2D eigenvalue weighted by Crippen LogP contribution is 2.13. The molecule has 8 heteroatoms. The fraction of sp³-hybridized carbons (Fsp3) is 0.769. The van der Waals surface area contributed by atoms with Gasteiger partial charge in [0.25, 0.3) is 0 Å². The van der Waals surface area contributed by atoms with Gasteiger partial charge < -0.3 is 25.8 Å². The van der Waals surface area contributed by atoms with Gasteiger partial charge >= 0.3 is 12.0 Å². The topological polar surface area (TPSA) is 122 Å². The summed E-state index contributed by atoms with van der Waals surface area (Å²) in [5, 5.41) is 11.2. The van der Waals surface area contributed by atoms with E-state index >= 15 is 0 Å². The summed E-state index contributed by atoms with van der Waals surface area (Å²) in [4.78, 5) is 35.7. The first-order chi connectivity index (χ1) is 9.79. The van der Waals surface area contributed by atoms with Gasteiger partial charge in [0, 0.05) is 13.1 Å². The Hall–Kier alpha value is -1.83. The number of carboxylic acids is 1. The molecule has 0 aromatic rings. The number of hydrogen-bond donors (Lipinski definition) is 3. The predicted molar refractivity (Wildman–Crippen MR) is 74.5 cm³/mol. The highest BCUT2D eigenvalue weighted by atomic mass is 16.5. The zero-order chi connectivity index (χ0) is 16.0. The number of carbonyl (C=O) groups is 3. The maximum atomic E-state index is 12.5. The van der Waals surface area contributed by atoms with Crippen molar-refractivity contribution in [3.63, 3.8) is 0 Å². The van der Waals surface area contributed by atoms with Crippen molar-refractivity contribution >= 4 is 17.9 Å². The van der Waals surface area contributed by atoms with Crippen molar-refractivity contribution in [2.24, 2.45) is 11.7 Å². The molecule has 0 spiro atoms. The maximum absolute atomic E-state index is 12.5.